The molecular weight excluding hydrogens is 419 g/mol. The van der Waals surface area contributed by atoms with Crippen LogP contribution in [0.25, 0.3) is 6.08 Å². The summed E-state index contributed by atoms with van der Waals surface area (Å²) in [5, 5.41) is 4.32. The molecule has 2 aliphatic heterocycles. The lowest BCUT2D eigenvalue weighted by atomic mass is 10.1. The number of benzene rings is 2. The van der Waals surface area contributed by atoms with E-state index in [0.29, 0.717) is 56.8 Å². The number of carbonyl (C=O) groups is 1. The molecule has 0 spiro atoms. The van der Waals surface area contributed by atoms with Gasteiger partial charge in [0.15, 0.2) is 16.6 Å². The largest absolute Gasteiger partial charge is 0.489 e. The van der Waals surface area contributed by atoms with E-state index < -0.39 is 0 Å². The van der Waals surface area contributed by atoms with Crippen molar-refractivity contribution in [3.8, 4) is 11.5 Å². The number of anilines is 1. The number of halogens is 2. The molecule has 2 aromatic carbocycles. The first-order valence-corrected chi connectivity index (χ1v) is 9.83. The summed E-state index contributed by atoms with van der Waals surface area (Å²) < 4.78 is 11.3. The Kier molecular flexibility index (Phi) is 5.19. The van der Waals surface area contributed by atoms with Gasteiger partial charge in [0, 0.05) is 11.4 Å². The number of fused-ring (bicyclic) bond motifs is 1. The van der Waals surface area contributed by atoms with Crippen LogP contribution in [0.1, 0.15) is 17.5 Å². The van der Waals surface area contributed by atoms with Crippen molar-refractivity contribution in [2.24, 2.45) is 0 Å². The first-order valence-electron chi connectivity index (χ1n) is 8.66. The Hall–Kier alpha value is -2.28. The van der Waals surface area contributed by atoms with Crippen LogP contribution in [0.2, 0.25) is 10.0 Å². The summed E-state index contributed by atoms with van der Waals surface area (Å²) >= 11 is 17.7. The van der Waals surface area contributed by atoms with Gasteiger partial charge in [-0.25, -0.2) is 0 Å². The summed E-state index contributed by atoms with van der Waals surface area (Å²) in [6, 6.07) is 8.82. The van der Waals surface area contributed by atoms with Crippen LogP contribution in [-0.2, 0) is 4.79 Å². The molecule has 1 N–H and O–H groups in total. The molecule has 28 heavy (non-hydrogen) atoms. The maximum atomic E-state index is 13.0. The van der Waals surface area contributed by atoms with E-state index in [1.165, 1.54) is 4.90 Å². The Labute approximate surface area is 177 Å². The van der Waals surface area contributed by atoms with Gasteiger partial charge in [-0.2, -0.15) is 0 Å². The number of rotatable bonds is 2. The molecule has 2 aliphatic rings. The zero-order valence-electron chi connectivity index (χ0n) is 14.9. The number of thiocarbonyl (C=S) groups is 1. The van der Waals surface area contributed by atoms with Crippen molar-refractivity contribution in [2.75, 3.05) is 18.1 Å². The minimum absolute atomic E-state index is 0.251. The molecule has 1 fully saturated rings. The number of amides is 1. The zero-order valence-corrected chi connectivity index (χ0v) is 17.2. The fraction of sp³-hybridized carbons (Fsp3) is 0.200. The van der Waals surface area contributed by atoms with E-state index in [1.807, 2.05) is 6.92 Å². The van der Waals surface area contributed by atoms with Crippen LogP contribution in [0.3, 0.4) is 0 Å². The quantitative estimate of drug-likeness (QED) is 0.546. The van der Waals surface area contributed by atoms with Crippen LogP contribution in [0, 0.1) is 6.92 Å². The van der Waals surface area contributed by atoms with Crippen molar-refractivity contribution in [1.29, 1.82) is 0 Å². The summed E-state index contributed by atoms with van der Waals surface area (Å²) in [6.07, 6.45) is 2.48. The minimum atomic E-state index is -0.251. The van der Waals surface area contributed by atoms with Crippen molar-refractivity contribution >= 4 is 58.2 Å². The number of nitrogens with one attached hydrogen (secondary N) is 1. The summed E-state index contributed by atoms with van der Waals surface area (Å²) in [5.74, 6) is 0.842. The van der Waals surface area contributed by atoms with Crippen LogP contribution in [0.15, 0.2) is 36.0 Å². The summed E-state index contributed by atoms with van der Waals surface area (Å²) in [5.41, 5.74) is 2.60. The summed E-state index contributed by atoms with van der Waals surface area (Å²) in [6.45, 7) is 2.98. The fourth-order valence-electron chi connectivity index (χ4n) is 3.12. The van der Waals surface area contributed by atoms with Gasteiger partial charge in [0.1, 0.15) is 5.70 Å². The highest BCUT2D eigenvalue weighted by Crippen LogP contribution is 2.38. The van der Waals surface area contributed by atoms with Gasteiger partial charge in [-0.1, -0.05) is 23.2 Å². The van der Waals surface area contributed by atoms with E-state index in [1.54, 1.807) is 36.4 Å². The summed E-state index contributed by atoms with van der Waals surface area (Å²) in [7, 11) is 0. The molecule has 2 heterocycles. The topological polar surface area (TPSA) is 50.8 Å². The van der Waals surface area contributed by atoms with Gasteiger partial charge in [-0.05, 0) is 66.7 Å². The van der Waals surface area contributed by atoms with Crippen LogP contribution in [0.4, 0.5) is 5.69 Å². The third-order valence-electron chi connectivity index (χ3n) is 4.41. The summed E-state index contributed by atoms with van der Waals surface area (Å²) in [4.78, 5) is 14.4. The average molecular weight is 435 g/mol. The molecule has 1 saturated heterocycles. The van der Waals surface area contributed by atoms with E-state index in [4.69, 9.17) is 44.9 Å². The third-order valence-corrected chi connectivity index (χ3v) is 5.21. The molecule has 5 nitrogen and oxygen atoms in total. The van der Waals surface area contributed by atoms with Crippen molar-refractivity contribution in [3.05, 3.63) is 57.2 Å². The van der Waals surface area contributed by atoms with Crippen LogP contribution in [0.5, 0.6) is 11.5 Å². The highest BCUT2D eigenvalue weighted by atomic mass is 35.5. The third kappa shape index (κ3) is 3.55. The van der Waals surface area contributed by atoms with E-state index in [9.17, 15) is 4.79 Å². The van der Waals surface area contributed by atoms with Crippen molar-refractivity contribution in [3.63, 3.8) is 0 Å². The zero-order chi connectivity index (χ0) is 19.8. The Balaban J connectivity index is 1.68. The van der Waals surface area contributed by atoms with Gasteiger partial charge < -0.3 is 14.8 Å². The Morgan fingerprint density at radius 3 is 2.75 bits per heavy atom. The highest BCUT2D eigenvalue weighted by Gasteiger charge is 2.33. The predicted molar refractivity (Wildman–Crippen MR) is 114 cm³/mol. The number of aryl methyl sites for hydroxylation is 1. The van der Waals surface area contributed by atoms with Crippen molar-refractivity contribution in [2.45, 2.75) is 13.3 Å². The lowest BCUT2D eigenvalue weighted by molar-refractivity contribution is -0.113. The molecule has 0 unspecified atom stereocenters. The molecule has 0 saturated carbocycles. The molecule has 0 aliphatic carbocycles. The van der Waals surface area contributed by atoms with Crippen LogP contribution in [-0.4, -0.2) is 24.2 Å². The molecule has 0 radical (unpaired) electrons. The molecule has 8 heteroatoms. The second-order valence-electron chi connectivity index (χ2n) is 6.44. The second kappa shape index (κ2) is 7.62. The molecule has 0 aromatic heterocycles. The standard InChI is InChI=1S/C20H16Cl2N2O3S/c1-11-7-13(21)3-4-16(11)24-19(25)15(23-20(24)28)9-12-8-14(22)18-17(10-12)26-5-2-6-27-18/h3-4,7-10H,2,5-6H2,1H3,(H,23,28)/b15-9+. The Bertz CT molecular complexity index is 1020. The number of hydrogen-bond donors (Lipinski definition) is 1. The lowest BCUT2D eigenvalue weighted by Gasteiger charge is -2.16. The highest BCUT2D eigenvalue weighted by molar-refractivity contribution is 7.80. The van der Waals surface area contributed by atoms with E-state index in [-0.39, 0.29) is 5.91 Å². The maximum Gasteiger partial charge on any atom is 0.281 e. The van der Waals surface area contributed by atoms with Gasteiger partial charge in [0.2, 0.25) is 0 Å². The van der Waals surface area contributed by atoms with Gasteiger partial charge >= 0.3 is 0 Å². The van der Waals surface area contributed by atoms with E-state index >= 15 is 0 Å². The lowest BCUT2D eigenvalue weighted by Crippen LogP contribution is -2.30. The minimum Gasteiger partial charge on any atom is -0.489 e. The monoisotopic (exact) mass is 434 g/mol. The van der Waals surface area contributed by atoms with Gasteiger partial charge in [-0.3, -0.25) is 9.69 Å². The predicted octanol–water partition coefficient (Wildman–Crippen LogP) is 4.73. The Morgan fingerprint density at radius 2 is 1.96 bits per heavy atom. The normalized spacial score (nSPS) is 17.7. The Morgan fingerprint density at radius 1 is 1.18 bits per heavy atom. The van der Waals surface area contributed by atoms with Gasteiger partial charge in [-0.15, -0.1) is 0 Å². The van der Waals surface area contributed by atoms with Crippen LogP contribution >= 0.6 is 35.4 Å². The maximum absolute atomic E-state index is 13.0. The van der Waals surface area contributed by atoms with Gasteiger partial charge in [0.05, 0.1) is 23.9 Å². The number of hydrogen-bond acceptors (Lipinski definition) is 4. The molecule has 1 amide bonds. The first kappa shape index (κ1) is 19.1. The molecule has 4 rings (SSSR count). The molecule has 144 valence electrons. The van der Waals surface area contributed by atoms with Crippen molar-refractivity contribution < 1.29 is 14.3 Å². The van der Waals surface area contributed by atoms with Gasteiger partial charge in [0.25, 0.3) is 5.91 Å². The molecule has 0 atom stereocenters. The van der Waals surface area contributed by atoms with Crippen LogP contribution < -0.4 is 19.7 Å². The number of nitrogens with zero attached hydrogens (tertiary/aromatic N) is 1. The SMILES string of the molecule is Cc1cc(Cl)ccc1N1C(=O)/C(=C\c2cc(Cl)c3c(c2)OCCCO3)NC1=S. The fourth-order valence-corrected chi connectivity index (χ4v) is 3.92. The first-order chi connectivity index (χ1) is 13.4. The average Bonchev–Trinajstić information content (AvgIpc) is 2.81. The molecule has 2 aromatic rings. The van der Waals surface area contributed by atoms with E-state index in [2.05, 4.69) is 5.32 Å². The second-order valence-corrected chi connectivity index (χ2v) is 7.67. The number of ether oxygens (including phenoxy) is 2. The molecular formula is C20H16Cl2N2O3S. The molecule has 0 bridgehead atoms. The smallest absolute Gasteiger partial charge is 0.281 e. The number of carbonyl (C=O) groups excluding carboxylic acids is 1. The van der Waals surface area contributed by atoms with E-state index in [0.717, 1.165) is 12.0 Å². The van der Waals surface area contributed by atoms with Crippen molar-refractivity contribution in [1.82, 2.24) is 5.32 Å².